The van der Waals surface area contributed by atoms with Gasteiger partial charge in [0.1, 0.15) is 0 Å². The molecule has 0 rings (SSSR count). The van der Waals surface area contributed by atoms with E-state index in [1.54, 1.807) is 0 Å². The zero-order valence-electron chi connectivity index (χ0n) is 11.5. The lowest BCUT2D eigenvalue weighted by molar-refractivity contribution is 0.206. The minimum atomic E-state index is -2.40. The van der Waals surface area contributed by atoms with E-state index >= 15 is 0 Å². The first-order valence-corrected chi connectivity index (χ1v) is 7.90. The monoisotopic (exact) mass is 252 g/mol. The molecule has 0 saturated carbocycles. The predicted octanol–water partition coefficient (Wildman–Crippen LogP) is 3.84. The van der Waals surface area contributed by atoms with Crippen LogP contribution in [-0.4, -0.2) is 21.8 Å². The Labute approximate surface area is 107 Å². The topological polar surface area (TPSA) is 18.5 Å². The summed E-state index contributed by atoms with van der Waals surface area (Å²) in [6.45, 7) is 16.8. The van der Waals surface area contributed by atoms with Crippen LogP contribution in [0.1, 0.15) is 27.7 Å². The van der Waals surface area contributed by atoms with Crippen molar-refractivity contribution in [3.05, 3.63) is 47.9 Å². The van der Waals surface area contributed by atoms with Gasteiger partial charge in [0, 0.05) is 13.2 Å². The van der Waals surface area contributed by atoms with Crippen LogP contribution in [0.4, 0.5) is 0 Å². The van der Waals surface area contributed by atoms with Crippen LogP contribution in [0.3, 0.4) is 0 Å². The molecule has 0 saturated heterocycles. The molecule has 0 amide bonds. The molecule has 0 aromatic rings. The van der Waals surface area contributed by atoms with Gasteiger partial charge in [0.05, 0.1) is 0 Å². The third-order valence-corrected chi connectivity index (χ3v) is 4.68. The highest BCUT2D eigenvalue weighted by Gasteiger charge is 2.30. The van der Waals surface area contributed by atoms with E-state index in [-0.39, 0.29) is 0 Å². The lowest BCUT2D eigenvalue weighted by Crippen LogP contribution is -2.39. The van der Waals surface area contributed by atoms with Crippen LogP contribution in [0.2, 0.25) is 0 Å². The number of allylic oxidation sites excluding steroid dienone is 4. The highest BCUT2D eigenvalue weighted by Crippen LogP contribution is 2.14. The number of hydrogen-bond acceptors (Lipinski definition) is 2. The fourth-order valence-electron chi connectivity index (χ4n) is 1.26. The van der Waals surface area contributed by atoms with Gasteiger partial charge in [0.2, 0.25) is 0 Å². The second-order valence-corrected chi connectivity index (χ2v) is 6.63. The quantitative estimate of drug-likeness (QED) is 0.482. The summed E-state index contributed by atoms with van der Waals surface area (Å²) in [5.74, 6) is 0. The van der Waals surface area contributed by atoms with Crippen molar-refractivity contribution in [3.8, 4) is 0 Å². The summed E-state index contributed by atoms with van der Waals surface area (Å²) in [7, 11) is -2.40. The largest absolute Gasteiger partial charge is 0.392 e. The van der Waals surface area contributed by atoms with Crippen LogP contribution in [0.5, 0.6) is 0 Å². The zero-order chi connectivity index (χ0) is 13.3. The molecule has 0 bridgehead atoms. The third kappa shape index (κ3) is 7.10. The Hall–Kier alpha value is -0.903. The Balaban J connectivity index is 5.09. The van der Waals surface area contributed by atoms with Gasteiger partial charge in [-0.25, -0.2) is 0 Å². The van der Waals surface area contributed by atoms with Gasteiger partial charge in [0.15, 0.2) is 0 Å². The Morgan fingerprint density at radius 3 is 1.53 bits per heavy atom. The van der Waals surface area contributed by atoms with Crippen molar-refractivity contribution in [3.63, 3.8) is 0 Å². The molecule has 0 atom stereocenters. The third-order valence-electron chi connectivity index (χ3n) is 1.94. The molecule has 0 N–H and O–H groups in total. The summed E-state index contributed by atoms with van der Waals surface area (Å²) in [5, 5.41) is 0. The van der Waals surface area contributed by atoms with Crippen molar-refractivity contribution >= 4 is 8.56 Å². The molecule has 0 fully saturated rings. The van der Waals surface area contributed by atoms with Crippen LogP contribution in [-0.2, 0) is 8.85 Å². The fourth-order valence-corrected chi connectivity index (χ4v) is 3.77. The molecule has 0 aliphatic carbocycles. The summed E-state index contributed by atoms with van der Waals surface area (Å²) < 4.78 is 11.7. The molecule has 0 aliphatic rings. The molecular weight excluding hydrogens is 228 g/mol. The van der Waals surface area contributed by atoms with Crippen molar-refractivity contribution in [2.75, 3.05) is 13.2 Å². The van der Waals surface area contributed by atoms with Crippen LogP contribution in [0, 0.1) is 0 Å². The summed E-state index contributed by atoms with van der Waals surface area (Å²) in [6, 6.07) is 0. The molecule has 3 heteroatoms. The van der Waals surface area contributed by atoms with E-state index in [0.717, 1.165) is 11.1 Å². The average Bonchev–Trinajstić information content (AvgIpc) is 2.24. The van der Waals surface area contributed by atoms with Crippen molar-refractivity contribution in [1.29, 1.82) is 0 Å². The lowest BCUT2D eigenvalue weighted by atomic mass is 10.4. The van der Waals surface area contributed by atoms with Gasteiger partial charge in [0.25, 0.3) is 0 Å². The van der Waals surface area contributed by atoms with Crippen LogP contribution in [0.25, 0.3) is 0 Å². The Bertz CT molecular complexity index is 284. The van der Waals surface area contributed by atoms with E-state index < -0.39 is 8.56 Å². The average molecular weight is 252 g/mol. The van der Waals surface area contributed by atoms with Crippen molar-refractivity contribution in [1.82, 2.24) is 0 Å². The molecule has 0 unspecified atom stereocenters. The van der Waals surface area contributed by atoms with Gasteiger partial charge in [-0.15, -0.1) is 0 Å². The van der Waals surface area contributed by atoms with Crippen LogP contribution < -0.4 is 0 Å². The van der Waals surface area contributed by atoms with Gasteiger partial charge in [-0.05, 0) is 39.1 Å². The van der Waals surface area contributed by atoms with Gasteiger partial charge in [-0.1, -0.05) is 36.5 Å². The smallest absolute Gasteiger partial charge is 0.389 e. The first-order chi connectivity index (χ1) is 7.95. The maximum Gasteiger partial charge on any atom is 0.392 e. The van der Waals surface area contributed by atoms with Crippen molar-refractivity contribution in [2.24, 2.45) is 0 Å². The molecule has 0 heterocycles. The second-order valence-electron chi connectivity index (χ2n) is 3.95. The van der Waals surface area contributed by atoms with Crippen molar-refractivity contribution in [2.45, 2.75) is 27.7 Å². The maximum absolute atomic E-state index is 5.83. The van der Waals surface area contributed by atoms with Gasteiger partial charge >= 0.3 is 8.56 Å². The minimum Gasteiger partial charge on any atom is -0.389 e. The summed E-state index contributed by atoms with van der Waals surface area (Å²) in [4.78, 5) is 0. The highest BCUT2D eigenvalue weighted by atomic mass is 28.4. The summed E-state index contributed by atoms with van der Waals surface area (Å²) >= 11 is 0. The lowest BCUT2D eigenvalue weighted by Gasteiger charge is -2.23. The Morgan fingerprint density at radius 2 is 1.29 bits per heavy atom. The molecular formula is C14H24O2Si. The summed E-state index contributed by atoms with van der Waals surface area (Å²) in [5.41, 5.74) is 6.01. The standard InChI is InChI=1S/C14H24O2Si/c1-7-15-17(16-8-2,11-9-13(3)4)12-10-14(5)6/h9-12H,3,5,7-8H2,1-2,4,6H3. The zero-order valence-corrected chi connectivity index (χ0v) is 12.5. The number of hydrogen-bond donors (Lipinski definition) is 0. The highest BCUT2D eigenvalue weighted by molar-refractivity contribution is 6.77. The summed E-state index contributed by atoms with van der Waals surface area (Å²) in [6.07, 6.45) is 3.92. The van der Waals surface area contributed by atoms with E-state index in [0.29, 0.717) is 13.2 Å². The van der Waals surface area contributed by atoms with E-state index in [2.05, 4.69) is 13.2 Å². The molecule has 96 valence electrons. The van der Waals surface area contributed by atoms with Gasteiger partial charge in [-0.2, -0.15) is 0 Å². The van der Waals surface area contributed by atoms with E-state index in [1.165, 1.54) is 0 Å². The van der Waals surface area contributed by atoms with E-state index in [4.69, 9.17) is 8.85 Å². The van der Waals surface area contributed by atoms with Crippen LogP contribution in [0.15, 0.2) is 47.9 Å². The first kappa shape index (κ1) is 16.1. The van der Waals surface area contributed by atoms with E-state index in [9.17, 15) is 0 Å². The molecule has 0 radical (unpaired) electrons. The molecule has 0 aromatic carbocycles. The molecule has 2 nitrogen and oxygen atoms in total. The second kappa shape index (κ2) is 8.23. The normalized spacial score (nSPS) is 12.5. The fraction of sp³-hybridized carbons (Fsp3) is 0.429. The SMILES string of the molecule is C=C(C)C=C[Si](C=CC(=C)C)(OCC)OCC. The maximum atomic E-state index is 5.83. The number of rotatable bonds is 8. The van der Waals surface area contributed by atoms with E-state index in [1.807, 2.05) is 51.2 Å². The first-order valence-electron chi connectivity index (χ1n) is 5.93. The molecule has 17 heavy (non-hydrogen) atoms. The Morgan fingerprint density at radius 1 is 0.941 bits per heavy atom. The van der Waals surface area contributed by atoms with Gasteiger partial charge in [-0.3, -0.25) is 0 Å². The van der Waals surface area contributed by atoms with Gasteiger partial charge < -0.3 is 8.85 Å². The molecule has 0 aliphatic heterocycles. The molecule has 0 aromatic heterocycles. The predicted molar refractivity (Wildman–Crippen MR) is 76.9 cm³/mol. The Kier molecular flexibility index (Phi) is 7.79. The van der Waals surface area contributed by atoms with Crippen molar-refractivity contribution < 1.29 is 8.85 Å². The minimum absolute atomic E-state index is 0.632. The molecule has 0 spiro atoms. The van der Waals surface area contributed by atoms with Crippen LogP contribution >= 0.6 is 0 Å².